The van der Waals surface area contributed by atoms with E-state index in [0.29, 0.717) is 35.2 Å². The number of aliphatic hydroxyl groups is 1. The molecule has 3 aromatic carbocycles. The van der Waals surface area contributed by atoms with E-state index < -0.39 is 12.0 Å². The fraction of sp³-hybridized carbons (Fsp3) is 0.194. The summed E-state index contributed by atoms with van der Waals surface area (Å²) in [4.78, 5) is 41.2. The SMILES string of the molecule is O=C(O)CCN(CCc1cccs1)C(=O)c1ccccc1-c1ccccc1C(=O)N[C@H](CO)c1ccccc1. The molecule has 1 aromatic heterocycles. The van der Waals surface area contributed by atoms with Crippen LogP contribution in [0.3, 0.4) is 0 Å². The van der Waals surface area contributed by atoms with Crippen molar-refractivity contribution in [3.05, 3.63) is 118 Å². The van der Waals surface area contributed by atoms with E-state index in [1.165, 1.54) is 0 Å². The first-order valence-electron chi connectivity index (χ1n) is 12.7. The Bertz CT molecular complexity index is 1410. The predicted molar refractivity (Wildman–Crippen MR) is 152 cm³/mol. The van der Waals surface area contributed by atoms with Crippen molar-refractivity contribution in [2.75, 3.05) is 19.7 Å². The first kappa shape index (κ1) is 27.8. The summed E-state index contributed by atoms with van der Waals surface area (Å²) in [6.07, 6.45) is 0.450. The molecule has 39 heavy (non-hydrogen) atoms. The second-order valence-electron chi connectivity index (χ2n) is 8.98. The highest BCUT2D eigenvalue weighted by Gasteiger charge is 2.23. The van der Waals surface area contributed by atoms with E-state index in [9.17, 15) is 24.6 Å². The van der Waals surface area contributed by atoms with Gasteiger partial charge in [-0.05, 0) is 46.7 Å². The van der Waals surface area contributed by atoms with Gasteiger partial charge in [-0.2, -0.15) is 0 Å². The zero-order valence-electron chi connectivity index (χ0n) is 21.3. The summed E-state index contributed by atoms with van der Waals surface area (Å²) in [5.41, 5.74) is 2.67. The average molecular weight is 543 g/mol. The Morgan fingerprint density at radius 3 is 2.08 bits per heavy atom. The standard InChI is InChI=1S/C31H30N2O5S/c34-21-28(22-9-2-1-3-10-22)32-30(37)26-14-6-4-12-24(26)25-13-5-7-15-27(25)31(38)33(19-17-29(35)36)18-16-23-11-8-20-39-23/h1-15,20,28,34H,16-19,21H2,(H,32,37)(H,35,36)/t28-/m1/s1. The summed E-state index contributed by atoms with van der Waals surface area (Å²) >= 11 is 1.59. The number of aliphatic carboxylic acids is 1. The number of aliphatic hydroxyl groups excluding tert-OH is 1. The van der Waals surface area contributed by atoms with Crippen molar-refractivity contribution in [2.24, 2.45) is 0 Å². The number of thiophene rings is 1. The van der Waals surface area contributed by atoms with Crippen molar-refractivity contribution in [1.29, 1.82) is 0 Å². The summed E-state index contributed by atoms with van der Waals surface area (Å²) < 4.78 is 0. The van der Waals surface area contributed by atoms with Crippen LogP contribution in [0, 0.1) is 0 Å². The van der Waals surface area contributed by atoms with Crippen LogP contribution in [0.15, 0.2) is 96.4 Å². The van der Waals surface area contributed by atoms with Gasteiger partial charge in [0.25, 0.3) is 11.8 Å². The maximum atomic E-state index is 13.8. The topological polar surface area (TPSA) is 107 Å². The fourth-order valence-corrected chi connectivity index (χ4v) is 5.09. The molecule has 1 heterocycles. The van der Waals surface area contributed by atoms with E-state index in [1.807, 2.05) is 47.8 Å². The van der Waals surface area contributed by atoms with Gasteiger partial charge >= 0.3 is 5.97 Å². The molecule has 0 saturated heterocycles. The number of nitrogens with zero attached hydrogens (tertiary/aromatic N) is 1. The zero-order chi connectivity index (χ0) is 27.6. The molecule has 0 radical (unpaired) electrons. The van der Waals surface area contributed by atoms with Crippen LogP contribution in [0.25, 0.3) is 11.1 Å². The van der Waals surface area contributed by atoms with Gasteiger partial charge in [-0.25, -0.2) is 0 Å². The molecule has 0 spiro atoms. The Balaban J connectivity index is 1.64. The molecule has 7 nitrogen and oxygen atoms in total. The first-order valence-corrected chi connectivity index (χ1v) is 13.5. The molecule has 3 N–H and O–H groups in total. The predicted octanol–water partition coefficient (Wildman–Crippen LogP) is 5.04. The van der Waals surface area contributed by atoms with Crippen LogP contribution in [0.5, 0.6) is 0 Å². The van der Waals surface area contributed by atoms with Gasteiger partial charge in [-0.15, -0.1) is 11.3 Å². The van der Waals surface area contributed by atoms with Gasteiger partial charge in [-0.3, -0.25) is 14.4 Å². The highest BCUT2D eigenvalue weighted by atomic mass is 32.1. The smallest absolute Gasteiger partial charge is 0.305 e. The lowest BCUT2D eigenvalue weighted by Crippen LogP contribution is -2.35. The van der Waals surface area contributed by atoms with E-state index in [-0.39, 0.29) is 31.4 Å². The summed E-state index contributed by atoms with van der Waals surface area (Å²) in [6, 6.07) is 26.6. The largest absolute Gasteiger partial charge is 0.481 e. The summed E-state index contributed by atoms with van der Waals surface area (Å²) in [5, 5.41) is 24.1. The zero-order valence-corrected chi connectivity index (χ0v) is 22.1. The number of nitrogens with one attached hydrogen (secondary N) is 1. The molecule has 4 rings (SSSR count). The maximum absolute atomic E-state index is 13.8. The Kier molecular flexibility index (Phi) is 9.61. The molecule has 200 valence electrons. The normalized spacial score (nSPS) is 11.5. The lowest BCUT2D eigenvalue weighted by Gasteiger charge is -2.24. The number of carboxylic acids is 1. The molecule has 0 saturated carbocycles. The van der Waals surface area contributed by atoms with Crippen LogP contribution in [-0.2, 0) is 11.2 Å². The average Bonchev–Trinajstić information content (AvgIpc) is 3.49. The fourth-order valence-electron chi connectivity index (χ4n) is 4.39. The third-order valence-corrected chi connectivity index (χ3v) is 7.34. The number of hydrogen-bond acceptors (Lipinski definition) is 5. The van der Waals surface area contributed by atoms with E-state index in [1.54, 1.807) is 64.8 Å². The third kappa shape index (κ3) is 7.19. The van der Waals surface area contributed by atoms with Gasteiger partial charge in [-0.1, -0.05) is 72.8 Å². The van der Waals surface area contributed by atoms with E-state index in [4.69, 9.17) is 0 Å². The van der Waals surface area contributed by atoms with Gasteiger partial charge in [0.2, 0.25) is 0 Å². The second-order valence-corrected chi connectivity index (χ2v) is 10.0. The number of benzene rings is 3. The lowest BCUT2D eigenvalue weighted by molar-refractivity contribution is -0.137. The minimum atomic E-state index is -0.976. The third-order valence-electron chi connectivity index (χ3n) is 6.40. The number of hydrogen-bond donors (Lipinski definition) is 3. The highest BCUT2D eigenvalue weighted by Crippen LogP contribution is 2.29. The minimum absolute atomic E-state index is 0.0747. The summed E-state index contributed by atoms with van der Waals surface area (Å²) in [6.45, 7) is 0.180. The Hall–Kier alpha value is -4.27. The number of amides is 2. The van der Waals surface area contributed by atoms with Crippen LogP contribution in [0.4, 0.5) is 0 Å². The Morgan fingerprint density at radius 2 is 1.44 bits per heavy atom. The molecule has 0 unspecified atom stereocenters. The van der Waals surface area contributed by atoms with E-state index in [2.05, 4.69) is 5.32 Å². The maximum Gasteiger partial charge on any atom is 0.305 e. The number of carbonyl (C=O) groups is 3. The van der Waals surface area contributed by atoms with Crippen molar-refractivity contribution in [1.82, 2.24) is 10.2 Å². The number of carbonyl (C=O) groups excluding carboxylic acids is 2. The minimum Gasteiger partial charge on any atom is -0.481 e. The molecule has 0 fully saturated rings. The van der Waals surface area contributed by atoms with Crippen molar-refractivity contribution in [2.45, 2.75) is 18.9 Å². The monoisotopic (exact) mass is 542 g/mol. The van der Waals surface area contributed by atoms with Gasteiger partial charge in [0.15, 0.2) is 0 Å². The van der Waals surface area contributed by atoms with Gasteiger partial charge in [0, 0.05) is 29.1 Å². The molecule has 2 amide bonds. The van der Waals surface area contributed by atoms with Crippen molar-refractivity contribution in [3.63, 3.8) is 0 Å². The molecular weight excluding hydrogens is 512 g/mol. The molecular formula is C31H30N2O5S. The van der Waals surface area contributed by atoms with E-state index in [0.717, 1.165) is 10.4 Å². The molecule has 8 heteroatoms. The molecule has 0 bridgehead atoms. The van der Waals surface area contributed by atoms with Crippen molar-refractivity contribution < 1.29 is 24.6 Å². The molecule has 0 aliphatic heterocycles. The van der Waals surface area contributed by atoms with Gasteiger partial charge in [0.1, 0.15) is 0 Å². The van der Waals surface area contributed by atoms with Crippen LogP contribution in [0.1, 0.15) is 43.6 Å². The Morgan fingerprint density at radius 1 is 0.795 bits per heavy atom. The van der Waals surface area contributed by atoms with Crippen LogP contribution < -0.4 is 5.32 Å². The molecule has 0 aliphatic rings. The van der Waals surface area contributed by atoms with Gasteiger partial charge < -0.3 is 20.4 Å². The van der Waals surface area contributed by atoms with Crippen LogP contribution in [-0.4, -0.2) is 52.6 Å². The quantitative estimate of drug-likeness (QED) is 0.233. The summed E-state index contributed by atoms with van der Waals surface area (Å²) in [5.74, 6) is -1.65. The van der Waals surface area contributed by atoms with Crippen molar-refractivity contribution >= 4 is 29.1 Å². The molecule has 4 aromatic rings. The molecule has 0 aliphatic carbocycles. The number of carboxylic acid groups (broad SMARTS) is 1. The van der Waals surface area contributed by atoms with E-state index >= 15 is 0 Å². The van der Waals surface area contributed by atoms with Gasteiger partial charge in [0.05, 0.1) is 19.1 Å². The van der Waals surface area contributed by atoms with Crippen molar-refractivity contribution in [3.8, 4) is 11.1 Å². The van der Waals surface area contributed by atoms with Crippen LogP contribution in [0.2, 0.25) is 0 Å². The first-order chi connectivity index (χ1) is 19.0. The number of rotatable bonds is 12. The van der Waals surface area contributed by atoms with Crippen LogP contribution >= 0.6 is 11.3 Å². The highest BCUT2D eigenvalue weighted by molar-refractivity contribution is 7.09. The molecule has 1 atom stereocenters. The lowest BCUT2D eigenvalue weighted by atomic mass is 9.94. The summed E-state index contributed by atoms with van der Waals surface area (Å²) in [7, 11) is 0. The Labute approximate surface area is 231 Å². The second kappa shape index (κ2) is 13.5.